The molecule has 0 fully saturated rings. The monoisotopic (exact) mass is 248 g/mol. The first kappa shape index (κ1) is 15.3. The summed E-state index contributed by atoms with van der Waals surface area (Å²) in [5.41, 5.74) is -1.03. The zero-order valence-electron chi connectivity index (χ0n) is 10.3. The highest BCUT2D eigenvalue weighted by Gasteiger charge is 2.40. The van der Waals surface area contributed by atoms with Crippen LogP contribution in [0.2, 0.25) is 0 Å². The van der Waals surface area contributed by atoms with E-state index in [-0.39, 0.29) is 6.61 Å². The molecule has 0 radical (unpaired) electrons. The van der Waals surface area contributed by atoms with E-state index in [2.05, 4.69) is 10.5 Å². The number of nitrogens with one attached hydrogen (secondary N) is 1. The molecule has 0 saturated carbocycles. The molecule has 1 atom stereocenters. The fourth-order valence-electron chi connectivity index (χ4n) is 1.36. The van der Waals surface area contributed by atoms with Gasteiger partial charge in [0.05, 0.1) is 6.61 Å². The Morgan fingerprint density at radius 2 is 2.06 bits per heavy atom. The topological polar surface area (TPSA) is 88.0 Å². The minimum Gasteiger partial charge on any atom is -0.465 e. The van der Waals surface area contributed by atoms with Crippen LogP contribution in [0.15, 0.2) is 5.16 Å². The number of halogens is 1. The number of nitrogens with zero attached hydrogens (tertiary/aromatic N) is 1. The van der Waals surface area contributed by atoms with Gasteiger partial charge in [-0.3, -0.25) is 9.59 Å². The summed E-state index contributed by atoms with van der Waals surface area (Å²) in [5, 5.41) is 13.1. The number of hydrogen-bond acceptors (Lipinski definition) is 5. The minimum absolute atomic E-state index is 0.163. The second kappa shape index (κ2) is 6.17. The van der Waals surface area contributed by atoms with E-state index >= 15 is 0 Å². The lowest BCUT2D eigenvalue weighted by Gasteiger charge is -2.30. The molecule has 0 saturated heterocycles. The molecule has 2 N–H and O–H groups in total. The third-order valence-electron chi connectivity index (χ3n) is 2.27. The van der Waals surface area contributed by atoms with E-state index in [0.717, 1.165) is 0 Å². The van der Waals surface area contributed by atoms with E-state index in [1.54, 1.807) is 0 Å². The van der Waals surface area contributed by atoms with Crippen molar-refractivity contribution in [2.45, 2.75) is 20.8 Å². The predicted molar refractivity (Wildman–Crippen MR) is 58.3 cm³/mol. The van der Waals surface area contributed by atoms with Crippen molar-refractivity contribution >= 4 is 17.8 Å². The van der Waals surface area contributed by atoms with Crippen molar-refractivity contribution in [3.63, 3.8) is 0 Å². The standard InChI is InChI=1S/C10H17FN2O4/c1-6(14)17-5-10(2,3)7(8(11)13-16)9(15)12-4/h7,16H,5H2,1-4H3,(H,12,15)/b13-8-. The maximum absolute atomic E-state index is 13.4. The van der Waals surface area contributed by atoms with Gasteiger partial charge in [-0.15, -0.1) is 0 Å². The SMILES string of the molecule is CNC(=O)C(/C(F)=N/O)C(C)(C)COC(C)=O. The largest absolute Gasteiger partial charge is 0.465 e. The maximum atomic E-state index is 13.4. The van der Waals surface area contributed by atoms with Gasteiger partial charge in [-0.1, -0.05) is 19.0 Å². The molecule has 0 spiro atoms. The van der Waals surface area contributed by atoms with Crippen LogP contribution in [-0.4, -0.2) is 36.7 Å². The lowest BCUT2D eigenvalue weighted by atomic mass is 9.79. The Bertz CT molecular complexity index is 328. The van der Waals surface area contributed by atoms with Crippen molar-refractivity contribution in [1.82, 2.24) is 5.32 Å². The van der Waals surface area contributed by atoms with E-state index in [0.29, 0.717) is 0 Å². The van der Waals surface area contributed by atoms with Crippen molar-refractivity contribution in [3.05, 3.63) is 0 Å². The van der Waals surface area contributed by atoms with Gasteiger partial charge in [0.2, 0.25) is 11.9 Å². The molecule has 98 valence electrons. The number of rotatable bonds is 5. The molecule has 7 heteroatoms. The van der Waals surface area contributed by atoms with Gasteiger partial charge in [0.15, 0.2) is 0 Å². The third-order valence-corrected chi connectivity index (χ3v) is 2.27. The fraction of sp³-hybridized carbons (Fsp3) is 0.700. The Hall–Kier alpha value is -1.66. The predicted octanol–water partition coefficient (Wildman–Crippen LogP) is 0.695. The van der Waals surface area contributed by atoms with Crippen molar-refractivity contribution in [2.75, 3.05) is 13.7 Å². The first-order valence-corrected chi connectivity index (χ1v) is 4.98. The summed E-state index contributed by atoms with van der Waals surface area (Å²) in [5.74, 6) is -3.73. The quantitative estimate of drug-likeness (QED) is 0.324. The molecule has 17 heavy (non-hydrogen) atoms. The van der Waals surface area contributed by atoms with Crippen LogP contribution in [0, 0.1) is 11.3 Å². The molecule has 0 heterocycles. The lowest BCUT2D eigenvalue weighted by Crippen LogP contribution is -2.44. The summed E-state index contributed by atoms with van der Waals surface area (Å²) in [6.07, 6.45) is 0. The molecule has 0 aromatic rings. The molecule has 0 rings (SSSR count). The number of amides is 1. The third kappa shape index (κ3) is 4.38. The number of esters is 1. The van der Waals surface area contributed by atoms with Crippen LogP contribution >= 0.6 is 0 Å². The van der Waals surface area contributed by atoms with E-state index in [4.69, 9.17) is 9.94 Å². The van der Waals surface area contributed by atoms with Gasteiger partial charge in [0, 0.05) is 19.4 Å². The van der Waals surface area contributed by atoms with Gasteiger partial charge in [-0.25, -0.2) is 0 Å². The highest BCUT2D eigenvalue weighted by atomic mass is 19.1. The van der Waals surface area contributed by atoms with Gasteiger partial charge in [-0.05, 0) is 0 Å². The summed E-state index contributed by atoms with van der Waals surface area (Å²) in [6.45, 7) is 4.10. The normalized spacial score (nSPS) is 14.1. The molecule has 0 aliphatic rings. The number of hydrogen-bond donors (Lipinski definition) is 2. The van der Waals surface area contributed by atoms with Gasteiger partial charge in [0.1, 0.15) is 5.92 Å². The number of carbonyl (C=O) groups excluding carboxylic acids is 2. The summed E-state index contributed by atoms with van der Waals surface area (Å²) < 4.78 is 18.1. The average Bonchev–Trinajstić information content (AvgIpc) is 2.25. The summed E-state index contributed by atoms with van der Waals surface area (Å²) in [7, 11) is 1.34. The Morgan fingerprint density at radius 3 is 2.41 bits per heavy atom. The zero-order chi connectivity index (χ0) is 13.6. The van der Waals surface area contributed by atoms with Gasteiger partial charge in [-0.2, -0.15) is 4.39 Å². The summed E-state index contributed by atoms with van der Waals surface area (Å²) in [6, 6.07) is 0. The Kier molecular flexibility index (Phi) is 5.57. The number of ether oxygens (including phenoxy) is 1. The highest BCUT2D eigenvalue weighted by Crippen LogP contribution is 2.29. The van der Waals surface area contributed by atoms with Gasteiger partial charge < -0.3 is 15.3 Å². The first-order valence-electron chi connectivity index (χ1n) is 4.98. The van der Waals surface area contributed by atoms with E-state index < -0.39 is 29.2 Å². The molecule has 0 aromatic carbocycles. The summed E-state index contributed by atoms with van der Waals surface area (Å²) in [4.78, 5) is 22.2. The first-order chi connectivity index (χ1) is 7.76. The molecule has 1 unspecified atom stereocenters. The van der Waals surface area contributed by atoms with Crippen LogP contribution < -0.4 is 5.32 Å². The van der Waals surface area contributed by atoms with Crippen LogP contribution in [0.3, 0.4) is 0 Å². The molecule has 0 aliphatic heterocycles. The Balaban J connectivity index is 5.02. The lowest BCUT2D eigenvalue weighted by molar-refractivity contribution is -0.146. The van der Waals surface area contributed by atoms with Crippen molar-refractivity contribution in [2.24, 2.45) is 16.5 Å². The maximum Gasteiger partial charge on any atom is 0.302 e. The second-order valence-corrected chi connectivity index (χ2v) is 4.24. The minimum atomic E-state index is -1.32. The van der Waals surface area contributed by atoms with E-state index in [1.807, 2.05) is 0 Å². The number of oxime groups is 1. The Morgan fingerprint density at radius 1 is 1.53 bits per heavy atom. The highest BCUT2D eigenvalue weighted by molar-refractivity contribution is 6.00. The van der Waals surface area contributed by atoms with Crippen LogP contribution in [0.4, 0.5) is 4.39 Å². The fourth-order valence-corrected chi connectivity index (χ4v) is 1.36. The molecule has 1 amide bonds. The molecular weight excluding hydrogens is 231 g/mol. The van der Waals surface area contributed by atoms with Gasteiger partial charge >= 0.3 is 5.97 Å². The molecular formula is C10H17FN2O4. The molecule has 0 bridgehead atoms. The van der Waals surface area contributed by atoms with E-state index in [1.165, 1.54) is 27.8 Å². The van der Waals surface area contributed by atoms with Crippen molar-refractivity contribution in [1.29, 1.82) is 0 Å². The molecule has 0 aromatic heterocycles. The zero-order valence-corrected chi connectivity index (χ0v) is 10.3. The van der Waals surface area contributed by atoms with Crippen LogP contribution in [0.5, 0.6) is 0 Å². The van der Waals surface area contributed by atoms with Crippen molar-refractivity contribution < 1.29 is 23.9 Å². The van der Waals surface area contributed by atoms with Crippen LogP contribution in [-0.2, 0) is 14.3 Å². The Labute approximate surface area is 98.8 Å². The van der Waals surface area contributed by atoms with E-state index in [9.17, 15) is 14.0 Å². The molecule has 0 aliphatic carbocycles. The average molecular weight is 248 g/mol. The van der Waals surface area contributed by atoms with Crippen molar-refractivity contribution in [3.8, 4) is 0 Å². The van der Waals surface area contributed by atoms with Crippen LogP contribution in [0.1, 0.15) is 20.8 Å². The molecule has 6 nitrogen and oxygen atoms in total. The van der Waals surface area contributed by atoms with Gasteiger partial charge in [0.25, 0.3) is 0 Å². The second-order valence-electron chi connectivity index (χ2n) is 4.24. The summed E-state index contributed by atoms with van der Waals surface area (Å²) >= 11 is 0. The van der Waals surface area contributed by atoms with Crippen LogP contribution in [0.25, 0.3) is 0 Å². The smallest absolute Gasteiger partial charge is 0.302 e. The number of carbonyl (C=O) groups is 2.